The van der Waals surface area contributed by atoms with Crippen molar-refractivity contribution in [3.63, 3.8) is 0 Å². The summed E-state index contributed by atoms with van der Waals surface area (Å²) in [4.78, 5) is 15.8. The van der Waals surface area contributed by atoms with Gasteiger partial charge in [-0.05, 0) is 19.4 Å². The zero-order valence-corrected chi connectivity index (χ0v) is 8.41. The fourth-order valence-electron chi connectivity index (χ4n) is 2.45. The monoisotopic (exact) mass is 198 g/mol. The number of nitrogens with one attached hydrogen (secondary N) is 1. The predicted octanol–water partition coefficient (Wildman–Crippen LogP) is -1.24. The van der Waals surface area contributed by atoms with Crippen LogP contribution in [0.1, 0.15) is 12.8 Å². The van der Waals surface area contributed by atoms with Crippen LogP contribution in [0.25, 0.3) is 0 Å². The van der Waals surface area contributed by atoms with Crippen LogP contribution in [0.4, 0.5) is 0 Å². The lowest BCUT2D eigenvalue weighted by molar-refractivity contribution is -0.122. The van der Waals surface area contributed by atoms with E-state index in [4.69, 9.17) is 5.84 Å². The molecular formula is C9H18N4O. The lowest BCUT2D eigenvalue weighted by atomic mass is 10.1. The van der Waals surface area contributed by atoms with Crippen molar-refractivity contribution in [3.05, 3.63) is 0 Å². The molecule has 0 unspecified atom stereocenters. The molecular weight excluding hydrogens is 180 g/mol. The number of rotatable bonds is 2. The van der Waals surface area contributed by atoms with Crippen molar-refractivity contribution < 1.29 is 4.79 Å². The second-order valence-corrected chi connectivity index (χ2v) is 4.13. The molecule has 14 heavy (non-hydrogen) atoms. The molecule has 0 aromatic rings. The number of hydrogen-bond acceptors (Lipinski definition) is 4. The highest BCUT2D eigenvalue weighted by Crippen LogP contribution is 2.20. The summed E-state index contributed by atoms with van der Waals surface area (Å²) < 4.78 is 0. The number of hydrazine groups is 1. The van der Waals surface area contributed by atoms with E-state index in [0.717, 1.165) is 19.6 Å². The molecule has 2 fully saturated rings. The minimum Gasteiger partial charge on any atom is -0.298 e. The summed E-state index contributed by atoms with van der Waals surface area (Å²) in [6, 6.07) is 0.675. The van der Waals surface area contributed by atoms with E-state index < -0.39 is 0 Å². The molecule has 5 nitrogen and oxygen atoms in total. The van der Waals surface area contributed by atoms with Crippen molar-refractivity contribution in [1.29, 1.82) is 0 Å². The van der Waals surface area contributed by atoms with Crippen LogP contribution in [0, 0.1) is 0 Å². The fourth-order valence-corrected chi connectivity index (χ4v) is 2.45. The molecule has 2 rings (SSSR count). The minimum atomic E-state index is -0.0866. The summed E-state index contributed by atoms with van der Waals surface area (Å²) in [6.45, 7) is 4.79. The highest BCUT2D eigenvalue weighted by Gasteiger charge is 2.30. The molecule has 0 aromatic heterocycles. The molecule has 80 valence electrons. The molecule has 5 heteroatoms. The van der Waals surface area contributed by atoms with Crippen molar-refractivity contribution in [1.82, 2.24) is 15.2 Å². The number of carbonyl (C=O) groups excluding carboxylic acids is 1. The largest absolute Gasteiger partial charge is 0.298 e. The molecule has 2 aliphatic heterocycles. The van der Waals surface area contributed by atoms with Gasteiger partial charge in [0.05, 0.1) is 6.54 Å². The van der Waals surface area contributed by atoms with Crippen LogP contribution < -0.4 is 11.3 Å². The van der Waals surface area contributed by atoms with E-state index in [0.29, 0.717) is 12.6 Å². The van der Waals surface area contributed by atoms with Gasteiger partial charge < -0.3 is 0 Å². The molecule has 0 bridgehead atoms. The number of hydrogen-bond donors (Lipinski definition) is 2. The van der Waals surface area contributed by atoms with Gasteiger partial charge in [-0.25, -0.2) is 5.84 Å². The normalized spacial score (nSPS) is 28.8. The zero-order valence-electron chi connectivity index (χ0n) is 8.41. The van der Waals surface area contributed by atoms with E-state index in [2.05, 4.69) is 15.2 Å². The first-order valence-corrected chi connectivity index (χ1v) is 5.25. The Morgan fingerprint density at radius 3 is 3.07 bits per heavy atom. The maximum Gasteiger partial charge on any atom is 0.248 e. The van der Waals surface area contributed by atoms with E-state index in [1.54, 1.807) is 0 Å². The van der Waals surface area contributed by atoms with E-state index >= 15 is 0 Å². The molecule has 0 aromatic carbocycles. The van der Waals surface area contributed by atoms with Crippen LogP contribution in [0.2, 0.25) is 0 Å². The van der Waals surface area contributed by atoms with Crippen LogP contribution in [0.3, 0.4) is 0 Å². The van der Waals surface area contributed by atoms with Crippen LogP contribution in [0.5, 0.6) is 0 Å². The Bertz CT molecular complexity index is 221. The lowest BCUT2D eigenvalue weighted by Crippen LogP contribution is -2.53. The Kier molecular flexibility index (Phi) is 3.00. The van der Waals surface area contributed by atoms with E-state index in [-0.39, 0.29) is 5.91 Å². The van der Waals surface area contributed by atoms with E-state index in [9.17, 15) is 4.79 Å². The Morgan fingerprint density at radius 1 is 1.43 bits per heavy atom. The molecule has 0 aliphatic carbocycles. The van der Waals surface area contributed by atoms with Crippen LogP contribution in [-0.2, 0) is 4.79 Å². The highest BCUT2D eigenvalue weighted by atomic mass is 16.2. The average Bonchev–Trinajstić information content (AvgIpc) is 2.64. The summed E-state index contributed by atoms with van der Waals surface area (Å²) >= 11 is 0. The first kappa shape index (κ1) is 9.89. The smallest absolute Gasteiger partial charge is 0.248 e. The van der Waals surface area contributed by atoms with Gasteiger partial charge >= 0.3 is 0 Å². The van der Waals surface area contributed by atoms with Crippen molar-refractivity contribution in [2.75, 3.05) is 32.7 Å². The highest BCUT2D eigenvalue weighted by molar-refractivity contribution is 5.77. The van der Waals surface area contributed by atoms with Gasteiger partial charge in [0.15, 0.2) is 0 Å². The molecule has 2 heterocycles. The van der Waals surface area contributed by atoms with Gasteiger partial charge in [0.2, 0.25) is 5.91 Å². The number of piperazine rings is 1. The average molecular weight is 198 g/mol. The fraction of sp³-hybridized carbons (Fsp3) is 0.889. The SMILES string of the molecule is NNC(=O)CN1CCN2CCC[C@H]2C1. The molecule has 3 N–H and O–H groups in total. The molecule has 0 radical (unpaired) electrons. The third kappa shape index (κ3) is 2.05. The number of carbonyl (C=O) groups is 1. The second kappa shape index (κ2) is 4.25. The summed E-state index contributed by atoms with van der Waals surface area (Å²) in [5.41, 5.74) is 2.18. The number of amides is 1. The van der Waals surface area contributed by atoms with Crippen LogP contribution >= 0.6 is 0 Å². The van der Waals surface area contributed by atoms with Gasteiger partial charge in [-0.2, -0.15) is 0 Å². The maximum absolute atomic E-state index is 11.1. The summed E-state index contributed by atoms with van der Waals surface area (Å²) in [5, 5.41) is 0. The zero-order chi connectivity index (χ0) is 9.97. The maximum atomic E-state index is 11.1. The Morgan fingerprint density at radius 2 is 2.29 bits per heavy atom. The summed E-state index contributed by atoms with van der Waals surface area (Å²) in [6.07, 6.45) is 2.59. The summed E-state index contributed by atoms with van der Waals surface area (Å²) in [7, 11) is 0. The molecule has 1 atom stereocenters. The van der Waals surface area contributed by atoms with Gasteiger partial charge in [0.25, 0.3) is 0 Å². The molecule has 2 aliphatic rings. The standard InChI is InChI=1S/C9H18N4O/c10-11-9(14)7-12-4-5-13-3-1-2-8(13)6-12/h8H,1-7,10H2,(H,11,14)/t8-/m0/s1. The van der Waals surface area contributed by atoms with Crippen LogP contribution in [0.15, 0.2) is 0 Å². The van der Waals surface area contributed by atoms with Gasteiger partial charge in [-0.3, -0.25) is 20.0 Å². The van der Waals surface area contributed by atoms with Crippen molar-refractivity contribution >= 4 is 5.91 Å². The van der Waals surface area contributed by atoms with Gasteiger partial charge in [-0.1, -0.05) is 0 Å². The summed E-state index contributed by atoms with van der Waals surface area (Å²) in [5.74, 6) is 4.97. The van der Waals surface area contributed by atoms with Crippen molar-refractivity contribution in [2.45, 2.75) is 18.9 Å². The third-order valence-electron chi connectivity index (χ3n) is 3.20. The van der Waals surface area contributed by atoms with E-state index in [1.807, 2.05) is 0 Å². The number of nitrogens with two attached hydrogens (primary N) is 1. The molecule has 1 amide bonds. The quantitative estimate of drug-likeness (QED) is 0.331. The Hall–Kier alpha value is -0.650. The third-order valence-corrected chi connectivity index (χ3v) is 3.20. The topological polar surface area (TPSA) is 61.6 Å². The molecule has 0 saturated carbocycles. The van der Waals surface area contributed by atoms with Gasteiger partial charge in [0, 0.05) is 25.7 Å². The number of fused-ring (bicyclic) bond motifs is 1. The molecule has 0 spiro atoms. The van der Waals surface area contributed by atoms with Gasteiger partial charge in [-0.15, -0.1) is 0 Å². The first-order chi connectivity index (χ1) is 6.79. The Labute approximate surface area is 84.2 Å². The van der Waals surface area contributed by atoms with Crippen LogP contribution in [-0.4, -0.2) is 54.5 Å². The predicted molar refractivity (Wildman–Crippen MR) is 53.4 cm³/mol. The molecule has 2 saturated heterocycles. The Balaban J connectivity index is 1.82. The minimum absolute atomic E-state index is 0.0866. The van der Waals surface area contributed by atoms with Crippen molar-refractivity contribution in [3.8, 4) is 0 Å². The lowest BCUT2D eigenvalue weighted by Gasteiger charge is -2.36. The first-order valence-electron chi connectivity index (χ1n) is 5.25. The second-order valence-electron chi connectivity index (χ2n) is 4.13. The van der Waals surface area contributed by atoms with Gasteiger partial charge in [0.1, 0.15) is 0 Å². The van der Waals surface area contributed by atoms with E-state index in [1.165, 1.54) is 19.4 Å². The van der Waals surface area contributed by atoms with Crippen molar-refractivity contribution in [2.24, 2.45) is 5.84 Å². The number of nitrogens with zero attached hydrogens (tertiary/aromatic N) is 2.